The molecule has 116 valence electrons. The number of hydrogen-bond donors (Lipinski definition) is 2. The molecule has 21 heavy (non-hydrogen) atoms. The second-order valence-electron chi connectivity index (χ2n) is 5.67. The van der Waals surface area contributed by atoms with E-state index in [0.717, 1.165) is 49.6 Å². The molecule has 1 amide bonds. The Kier molecular flexibility index (Phi) is 5.88. The highest BCUT2D eigenvalue weighted by atomic mass is 35.5. The summed E-state index contributed by atoms with van der Waals surface area (Å²) in [5.41, 5.74) is 2.32. The topological polar surface area (TPSA) is 44.4 Å². The molecule has 0 spiro atoms. The summed E-state index contributed by atoms with van der Waals surface area (Å²) in [6.45, 7) is 5.20. The molecule has 0 unspecified atom stereocenters. The molecule has 1 aliphatic heterocycles. The highest BCUT2D eigenvalue weighted by Gasteiger charge is 2.20. The Balaban J connectivity index is 1.90. The van der Waals surface area contributed by atoms with E-state index >= 15 is 0 Å². The Hall–Kier alpha value is -1.26. The fourth-order valence-corrected chi connectivity index (χ4v) is 2.99. The predicted molar refractivity (Wildman–Crippen MR) is 87.8 cm³/mol. The largest absolute Gasteiger partial charge is 0.371 e. The summed E-state index contributed by atoms with van der Waals surface area (Å²) < 4.78 is 0. The SMILES string of the molecule is CNCc1ccc(N2CCC(CNC(C)=O)CC2)cc1Cl. The van der Waals surface area contributed by atoms with Crippen molar-refractivity contribution < 1.29 is 4.79 Å². The van der Waals surface area contributed by atoms with Gasteiger partial charge in [-0.1, -0.05) is 17.7 Å². The van der Waals surface area contributed by atoms with Crippen molar-refractivity contribution in [1.29, 1.82) is 0 Å². The van der Waals surface area contributed by atoms with Gasteiger partial charge in [-0.3, -0.25) is 4.79 Å². The molecule has 5 heteroatoms. The Morgan fingerprint density at radius 1 is 1.38 bits per heavy atom. The van der Waals surface area contributed by atoms with Crippen LogP contribution in [0, 0.1) is 5.92 Å². The maximum atomic E-state index is 11.0. The molecular weight excluding hydrogens is 286 g/mol. The van der Waals surface area contributed by atoms with Crippen molar-refractivity contribution in [2.45, 2.75) is 26.3 Å². The monoisotopic (exact) mass is 309 g/mol. The second-order valence-corrected chi connectivity index (χ2v) is 6.08. The molecule has 0 bridgehead atoms. The first-order valence-corrected chi connectivity index (χ1v) is 7.90. The van der Waals surface area contributed by atoms with Crippen LogP contribution in [0.3, 0.4) is 0 Å². The van der Waals surface area contributed by atoms with Gasteiger partial charge in [0.25, 0.3) is 0 Å². The van der Waals surface area contributed by atoms with Crippen LogP contribution in [-0.4, -0.2) is 32.6 Å². The highest BCUT2D eigenvalue weighted by Crippen LogP contribution is 2.27. The third-order valence-electron chi connectivity index (χ3n) is 4.02. The summed E-state index contributed by atoms with van der Waals surface area (Å²) >= 11 is 6.33. The molecule has 1 aromatic rings. The zero-order chi connectivity index (χ0) is 15.2. The number of nitrogens with zero attached hydrogens (tertiary/aromatic N) is 1. The Labute approximate surface area is 131 Å². The molecule has 1 aromatic carbocycles. The van der Waals surface area contributed by atoms with E-state index in [2.05, 4.69) is 33.7 Å². The van der Waals surface area contributed by atoms with Crippen molar-refractivity contribution in [3.8, 4) is 0 Å². The van der Waals surface area contributed by atoms with Crippen LogP contribution in [0.1, 0.15) is 25.3 Å². The van der Waals surface area contributed by atoms with E-state index in [1.54, 1.807) is 6.92 Å². The maximum absolute atomic E-state index is 11.0. The second kappa shape index (κ2) is 7.66. The molecule has 0 radical (unpaired) electrons. The van der Waals surface area contributed by atoms with E-state index in [9.17, 15) is 4.79 Å². The van der Waals surface area contributed by atoms with Gasteiger partial charge in [-0.25, -0.2) is 0 Å². The molecule has 4 nitrogen and oxygen atoms in total. The molecule has 1 saturated heterocycles. The van der Waals surface area contributed by atoms with Crippen molar-refractivity contribution in [3.63, 3.8) is 0 Å². The van der Waals surface area contributed by atoms with Gasteiger partial charge >= 0.3 is 0 Å². The number of nitrogens with one attached hydrogen (secondary N) is 2. The minimum Gasteiger partial charge on any atom is -0.371 e. The first kappa shape index (κ1) is 16.1. The Bertz CT molecular complexity index is 484. The molecule has 0 aliphatic carbocycles. The number of halogens is 1. The molecule has 0 aromatic heterocycles. The van der Waals surface area contributed by atoms with Gasteiger partial charge < -0.3 is 15.5 Å². The number of piperidine rings is 1. The van der Waals surface area contributed by atoms with Crippen LogP contribution in [0.25, 0.3) is 0 Å². The Morgan fingerprint density at radius 3 is 2.67 bits per heavy atom. The summed E-state index contributed by atoms with van der Waals surface area (Å²) in [6, 6.07) is 6.30. The minimum atomic E-state index is 0.0596. The minimum absolute atomic E-state index is 0.0596. The molecule has 0 atom stereocenters. The van der Waals surface area contributed by atoms with E-state index in [1.165, 1.54) is 5.69 Å². The fourth-order valence-electron chi connectivity index (χ4n) is 2.75. The van der Waals surface area contributed by atoms with Crippen LogP contribution >= 0.6 is 11.6 Å². The first-order valence-electron chi connectivity index (χ1n) is 7.52. The number of anilines is 1. The van der Waals surface area contributed by atoms with Crippen LogP contribution in [0.15, 0.2) is 18.2 Å². The fraction of sp³-hybridized carbons (Fsp3) is 0.562. The van der Waals surface area contributed by atoms with Crippen molar-refractivity contribution in [3.05, 3.63) is 28.8 Å². The lowest BCUT2D eigenvalue weighted by molar-refractivity contribution is -0.119. The summed E-state index contributed by atoms with van der Waals surface area (Å²) in [4.78, 5) is 13.3. The van der Waals surface area contributed by atoms with Crippen LogP contribution in [0.2, 0.25) is 5.02 Å². The summed E-state index contributed by atoms with van der Waals surface area (Å²) in [5, 5.41) is 6.86. The molecule has 1 heterocycles. The van der Waals surface area contributed by atoms with Crippen LogP contribution in [-0.2, 0) is 11.3 Å². The van der Waals surface area contributed by atoms with E-state index in [0.29, 0.717) is 5.92 Å². The molecule has 1 fully saturated rings. The molecule has 0 saturated carbocycles. The van der Waals surface area contributed by atoms with Crippen molar-refractivity contribution in [1.82, 2.24) is 10.6 Å². The van der Waals surface area contributed by atoms with Gasteiger partial charge in [-0.15, -0.1) is 0 Å². The smallest absolute Gasteiger partial charge is 0.216 e. The average molecular weight is 310 g/mol. The third kappa shape index (κ3) is 4.61. The lowest BCUT2D eigenvalue weighted by atomic mass is 9.96. The zero-order valence-corrected chi connectivity index (χ0v) is 13.5. The zero-order valence-electron chi connectivity index (χ0n) is 12.8. The van der Waals surface area contributed by atoms with Gasteiger partial charge in [0.1, 0.15) is 0 Å². The molecular formula is C16H24ClN3O. The third-order valence-corrected chi connectivity index (χ3v) is 4.38. The van der Waals surface area contributed by atoms with Gasteiger partial charge in [-0.05, 0) is 43.5 Å². The van der Waals surface area contributed by atoms with Crippen molar-refractivity contribution in [2.24, 2.45) is 5.92 Å². The summed E-state index contributed by atoms with van der Waals surface area (Å²) in [6.07, 6.45) is 2.21. The summed E-state index contributed by atoms with van der Waals surface area (Å²) in [5.74, 6) is 0.647. The lowest BCUT2D eigenvalue weighted by Crippen LogP contribution is -2.38. The van der Waals surface area contributed by atoms with Gasteiger partial charge in [0.15, 0.2) is 0 Å². The van der Waals surface area contributed by atoms with Crippen LogP contribution in [0.4, 0.5) is 5.69 Å². The van der Waals surface area contributed by atoms with E-state index in [1.807, 2.05) is 7.05 Å². The van der Waals surface area contributed by atoms with Crippen molar-refractivity contribution >= 4 is 23.2 Å². The standard InChI is InChI=1S/C16H24ClN3O/c1-12(21)19-10-13-5-7-20(8-6-13)15-4-3-14(11-18-2)16(17)9-15/h3-4,9,13,18H,5-8,10-11H2,1-2H3,(H,19,21). The quantitative estimate of drug-likeness (QED) is 0.878. The Morgan fingerprint density at radius 2 is 2.10 bits per heavy atom. The lowest BCUT2D eigenvalue weighted by Gasteiger charge is -2.34. The average Bonchev–Trinajstić information content (AvgIpc) is 2.48. The number of carbonyl (C=O) groups excluding carboxylic acids is 1. The highest BCUT2D eigenvalue weighted by molar-refractivity contribution is 6.31. The van der Waals surface area contributed by atoms with Gasteiger partial charge in [0, 0.05) is 43.8 Å². The summed E-state index contributed by atoms with van der Waals surface area (Å²) in [7, 11) is 1.92. The molecule has 2 rings (SSSR count). The number of carbonyl (C=O) groups is 1. The predicted octanol–water partition coefficient (Wildman–Crippen LogP) is 2.41. The van der Waals surface area contributed by atoms with Gasteiger partial charge in [0.05, 0.1) is 0 Å². The van der Waals surface area contributed by atoms with Gasteiger partial charge in [-0.2, -0.15) is 0 Å². The van der Waals surface area contributed by atoms with Crippen LogP contribution < -0.4 is 15.5 Å². The number of amides is 1. The van der Waals surface area contributed by atoms with Gasteiger partial charge in [0.2, 0.25) is 5.91 Å². The maximum Gasteiger partial charge on any atom is 0.216 e. The van der Waals surface area contributed by atoms with E-state index in [-0.39, 0.29) is 5.91 Å². The van der Waals surface area contributed by atoms with E-state index in [4.69, 9.17) is 11.6 Å². The number of benzene rings is 1. The number of hydrogen-bond acceptors (Lipinski definition) is 3. The first-order chi connectivity index (χ1) is 10.1. The van der Waals surface area contributed by atoms with Crippen molar-refractivity contribution in [2.75, 3.05) is 31.6 Å². The molecule has 2 N–H and O–H groups in total. The normalized spacial score (nSPS) is 16.0. The number of rotatable bonds is 5. The van der Waals surface area contributed by atoms with E-state index < -0.39 is 0 Å². The van der Waals surface area contributed by atoms with Crippen LogP contribution in [0.5, 0.6) is 0 Å². The molecule has 1 aliphatic rings.